The first-order valence-corrected chi connectivity index (χ1v) is 7.83. The van der Waals surface area contributed by atoms with Crippen LogP contribution in [-0.2, 0) is 11.3 Å². The van der Waals surface area contributed by atoms with Crippen LogP contribution in [0.2, 0.25) is 0 Å². The zero-order valence-corrected chi connectivity index (χ0v) is 13.9. The highest BCUT2D eigenvalue weighted by Gasteiger charge is 2.53. The molecule has 2 aliphatic rings. The summed E-state index contributed by atoms with van der Waals surface area (Å²) in [6, 6.07) is -0.932. The topological polar surface area (TPSA) is 82.0 Å². The number of aliphatic hydroxyl groups excluding tert-OH is 1. The molecule has 23 heavy (non-hydrogen) atoms. The number of fused-ring (bicyclic) bond motifs is 3. The Labute approximate surface area is 134 Å². The Kier molecular flexibility index (Phi) is 3.71. The maximum Gasteiger partial charge on any atom is 0.402 e. The van der Waals surface area contributed by atoms with Crippen LogP contribution in [0, 0.1) is 13.8 Å². The van der Waals surface area contributed by atoms with Crippen molar-refractivity contribution in [2.24, 2.45) is 4.99 Å². The highest BCUT2D eigenvalue weighted by molar-refractivity contribution is 6.20. The first-order valence-electron chi connectivity index (χ1n) is 7.83. The molecule has 0 aliphatic carbocycles. The Bertz CT molecular complexity index is 721. The highest BCUT2D eigenvalue weighted by atomic mass is 16.3. The number of likely N-dealkylation sites (N-methyl/N-ethyl adjacent to an activating group) is 1. The van der Waals surface area contributed by atoms with Crippen LogP contribution in [0.15, 0.2) is 4.99 Å². The Morgan fingerprint density at radius 3 is 2.61 bits per heavy atom. The number of imide groups is 1. The van der Waals surface area contributed by atoms with E-state index in [9.17, 15) is 14.7 Å². The molecule has 3 rings (SSSR count). The molecule has 0 bridgehead atoms. The van der Waals surface area contributed by atoms with Crippen LogP contribution in [0.4, 0.5) is 10.7 Å². The van der Waals surface area contributed by atoms with Gasteiger partial charge in [-0.25, -0.2) is 13.9 Å². The summed E-state index contributed by atoms with van der Waals surface area (Å²) in [5.41, 5.74) is 1.89. The van der Waals surface area contributed by atoms with E-state index in [1.807, 2.05) is 29.9 Å². The summed E-state index contributed by atoms with van der Waals surface area (Å²) in [6.45, 7) is 6.60. The smallest absolute Gasteiger partial charge is 0.393 e. The van der Waals surface area contributed by atoms with Crippen LogP contribution in [0.5, 0.6) is 0 Å². The SMILES string of the molecule is CCCN1C(=O)C2C(=Nc3n2c(C)c(C)[n+]3CCO)N(C)C1=O. The number of carbonyl (C=O) groups excluding carboxylic acids is 2. The van der Waals surface area contributed by atoms with Gasteiger partial charge in [0.1, 0.15) is 11.4 Å². The maximum atomic E-state index is 12.9. The molecule has 1 unspecified atom stereocenters. The summed E-state index contributed by atoms with van der Waals surface area (Å²) in [4.78, 5) is 32.5. The number of hydrogen-bond acceptors (Lipinski definition) is 4. The molecule has 0 spiro atoms. The molecule has 0 radical (unpaired) electrons. The number of rotatable bonds is 4. The second-order valence-electron chi connectivity index (χ2n) is 5.92. The van der Waals surface area contributed by atoms with E-state index in [0.717, 1.165) is 11.4 Å². The number of aromatic nitrogens is 2. The average molecular weight is 320 g/mol. The van der Waals surface area contributed by atoms with Crippen molar-refractivity contribution >= 4 is 23.7 Å². The largest absolute Gasteiger partial charge is 0.402 e. The van der Waals surface area contributed by atoms with E-state index in [2.05, 4.69) is 4.99 Å². The second-order valence-corrected chi connectivity index (χ2v) is 5.92. The molecule has 8 heteroatoms. The van der Waals surface area contributed by atoms with E-state index >= 15 is 0 Å². The summed E-state index contributed by atoms with van der Waals surface area (Å²) < 4.78 is 3.75. The first-order chi connectivity index (χ1) is 10.9. The van der Waals surface area contributed by atoms with Gasteiger partial charge in [0, 0.05) is 13.6 Å². The molecule has 0 aromatic carbocycles. The summed E-state index contributed by atoms with van der Waals surface area (Å²) in [5.74, 6) is 0.833. The van der Waals surface area contributed by atoms with Crippen molar-refractivity contribution in [2.75, 3.05) is 20.2 Å². The molecule has 1 atom stereocenters. The number of urea groups is 1. The molecule has 3 amide bonds. The number of hydrogen-bond donors (Lipinski definition) is 1. The molecule has 1 aromatic rings. The molecular weight excluding hydrogens is 298 g/mol. The number of carbonyl (C=O) groups is 2. The Morgan fingerprint density at radius 1 is 1.30 bits per heavy atom. The van der Waals surface area contributed by atoms with E-state index in [-0.39, 0.29) is 18.5 Å². The quantitative estimate of drug-likeness (QED) is 0.809. The van der Waals surface area contributed by atoms with Gasteiger partial charge in [-0.15, -0.1) is 0 Å². The molecule has 1 N–H and O–H groups in total. The van der Waals surface area contributed by atoms with E-state index in [4.69, 9.17) is 0 Å². The summed E-state index contributed by atoms with van der Waals surface area (Å²) >= 11 is 0. The Hall–Kier alpha value is -2.22. The molecule has 2 aliphatic heterocycles. The van der Waals surface area contributed by atoms with Crippen LogP contribution < -0.4 is 4.57 Å². The fourth-order valence-electron chi connectivity index (χ4n) is 3.30. The minimum atomic E-state index is -0.599. The molecule has 1 fully saturated rings. The number of imidazole rings is 1. The number of aliphatic imine (C=N–C) groups is 1. The molecular formula is C15H22N5O3+. The Balaban J connectivity index is 2.14. The monoisotopic (exact) mass is 320 g/mol. The van der Waals surface area contributed by atoms with Crippen molar-refractivity contribution in [1.29, 1.82) is 0 Å². The van der Waals surface area contributed by atoms with Crippen molar-refractivity contribution in [3.63, 3.8) is 0 Å². The molecule has 3 heterocycles. The second kappa shape index (κ2) is 5.45. The fraction of sp³-hybridized carbons (Fsp3) is 0.600. The van der Waals surface area contributed by atoms with Gasteiger partial charge in [0.15, 0.2) is 0 Å². The van der Waals surface area contributed by atoms with Gasteiger partial charge in [0.05, 0.1) is 13.2 Å². The van der Waals surface area contributed by atoms with E-state index in [1.165, 1.54) is 9.80 Å². The van der Waals surface area contributed by atoms with Crippen LogP contribution in [0.25, 0.3) is 0 Å². The van der Waals surface area contributed by atoms with Gasteiger partial charge in [-0.2, -0.15) is 0 Å². The molecule has 0 saturated carbocycles. The lowest BCUT2D eigenvalue weighted by Crippen LogP contribution is -2.57. The summed E-state index contributed by atoms with van der Waals surface area (Å²) in [7, 11) is 1.65. The standard InChI is InChI=1S/C15H22N5O3/c1-5-6-19-13(22)11-12(17(4)15(19)23)16-14-18(7-8-21)9(2)10(3)20(11)14/h11,21H,5-8H2,1-4H3/q+1. The molecule has 8 nitrogen and oxygen atoms in total. The van der Waals surface area contributed by atoms with Gasteiger partial charge in [0.2, 0.25) is 11.9 Å². The lowest BCUT2D eigenvalue weighted by molar-refractivity contribution is -0.690. The van der Waals surface area contributed by atoms with E-state index in [1.54, 1.807) is 7.05 Å². The van der Waals surface area contributed by atoms with Crippen LogP contribution in [0.3, 0.4) is 0 Å². The number of nitrogens with zero attached hydrogens (tertiary/aromatic N) is 5. The average Bonchev–Trinajstić information content (AvgIpc) is 3.02. The Morgan fingerprint density at radius 2 is 2.00 bits per heavy atom. The predicted molar refractivity (Wildman–Crippen MR) is 82.5 cm³/mol. The summed E-state index contributed by atoms with van der Waals surface area (Å²) in [5, 5.41) is 9.28. The van der Waals surface area contributed by atoms with E-state index < -0.39 is 6.04 Å². The highest BCUT2D eigenvalue weighted by Crippen LogP contribution is 2.35. The molecule has 1 aromatic heterocycles. The van der Waals surface area contributed by atoms with Crippen molar-refractivity contribution in [3.05, 3.63) is 11.4 Å². The van der Waals surface area contributed by atoms with Gasteiger partial charge in [0.25, 0.3) is 5.91 Å². The molecule has 124 valence electrons. The number of aliphatic hydroxyl groups is 1. The van der Waals surface area contributed by atoms with Gasteiger partial charge in [-0.05, 0) is 20.3 Å². The maximum absolute atomic E-state index is 12.9. The first kappa shape index (κ1) is 15.7. The minimum absolute atomic E-state index is 0.0118. The van der Waals surface area contributed by atoms with Crippen LogP contribution >= 0.6 is 0 Å². The van der Waals surface area contributed by atoms with Crippen molar-refractivity contribution in [2.45, 2.75) is 39.8 Å². The lowest BCUT2D eigenvalue weighted by Gasteiger charge is -2.33. The van der Waals surface area contributed by atoms with Crippen molar-refractivity contribution in [3.8, 4) is 0 Å². The fourth-order valence-corrected chi connectivity index (χ4v) is 3.30. The minimum Gasteiger partial charge on any atom is -0.393 e. The third kappa shape index (κ3) is 2.01. The van der Waals surface area contributed by atoms with Gasteiger partial charge >= 0.3 is 12.0 Å². The summed E-state index contributed by atoms with van der Waals surface area (Å²) in [6.07, 6.45) is 0.714. The third-order valence-electron chi connectivity index (χ3n) is 4.60. The third-order valence-corrected chi connectivity index (χ3v) is 4.60. The van der Waals surface area contributed by atoms with Gasteiger partial charge in [-0.3, -0.25) is 14.6 Å². The molecule has 1 saturated heterocycles. The number of amides is 3. The van der Waals surface area contributed by atoms with E-state index in [0.29, 0.717) is 31.3 Å². The zero-order valence-electron chi connectivity index (χ0n) is 13.9. The van der Waals surface area contributed by atoms with Crippen LogP contribution in [0.1, 0.15) is 30.8 Å². The normalized spacial score (nSPS) is 20.0. The van der Waals surface area contributed by atoms with Gasteiger partial charge in [-0.1, -0.05) is 11.9 Å². The van der Waals surface area contributed by atoms with Crippen LogP contribution in [-0.4, -0.2) is 57.4 Å². The predicted octanol–water partition coefficient (Wildman–Crippen LogP) is 0.273. The van der Waals surface area contributed by atoms with Crippen molar-refractivity contribution < 1.29 is 19.3 Å². The lowest BCUT2D eigenvalue weighted by atomic mass is 10.1. The number of amidine groups is 1. The zero-order chi connectivity index (χ0) is 16.9. The van der Waals surface area contributed by atoms with Gasteiger partial charge < -0.3 is 5.11 Å². The van der Waals surface area contributed by atoms with Crippen molar-refractivity contribution in [1.82, 2.24) is 14.4 Å².